The Hall–Kier alpha value is -4.72. The molecule has 8 N–H and O–H groups in total. The number of para-hydroxylation sites is 1. The van der Waals surface area contributed by atoms with Gasteiger partial charge in [0, 0.05) is 54.8 Å². The third kappa shape index (κ3) is 7.28. The number of aliphatic carboxylic acids is 2. The van der Waals surface area contributed by atoms with Crippen LogP contribution in [0.1, 0.15) is 36.9 Å². The van der Waals surface area contributed by atoms with Gasteiger partial charge in [-0.2, -0.15) is 0 Å². The number of carboxylic acids is 2. The summed E-state index contributed by atoms with van der Waals surface area (Å²) in [6.45, 7) is 0.235. The summed E-state index contributed by atoms with van der Waals surface area (Å²) in [5.41, 5.74) is 8.00. The van der Waals surface area contributed by atoms with E-state index in [1.165, 1.54) is 17.4 Å². The number of benzene rings is 1. The molecule has 0 radical (unpaired) electrons. The SMILES string of the molecule is NC(CCC(=O)O)C(=O)NC(Cc1c[nH]c2ccccc12)C(=O)NC(Cc1cnc[nH]1)C(=O)N1CCCC1C(=O)O. The van der Waals surface area contributed by atoms with Crippen molar-refractivity contribution in [2.45, 2.75) is 62.7 Å². The number of hydrogen-bond acceptors (Lipinski definition) is 7. The first-order chi connectivity index (χ1) is 19.6. The molecule has 14 heteroatoms. The highest BCUT2D eigenvalue weighted by molar-refractivity contribution is 5.95. The Morgan fingerprint density at radius 2 is 1.80 bits per heavy atom. The third-order valence-electron chi connectivity index (χ3n) is 7.15. The van der Waals surface area contributed by atoms with Crippen LogP contribution in [0.2, 0.25) is 0 Å². The molecule has 3 heterocycles. The minimum Gasteiger partial charge on any atom is -0.481 e. The number of amides is 3. The number of nitrogens with two attached hydrogens (primary N) is 1. The molecule has 1 aromatic carbocycles. The van der Waals surface area contributed by atoms with Gasteiger partial charge in [0.1, 0.15) is 18.1 Å². The van der Waals surface area contributed by atoms with Crippen LogP contribution in [0.3, 0.4) is 0 Å². The van der Waals surface area contributed by atoms with Gasteiger partial charge in [-0.1, -0.05) is 18.2 Å². The topological polar surface area (TPSA) is 224 Å². The lowest BCUT2D eigenvalue weighted by atomic mass is 10.0. The van der Waals surface area contributed by atoms with E-state index in [4.69, 9.17) is 10.8 Å². The number of carbonyl (C=O) groups is 5. The normalized spacial score (nSPS) is 17.1. The van der Waals surface area contributed by atoms with Gasteiger partial charge in [-0.05, 0) is 30.9 Å². The Morgan fingerprint density at radius 1 is 1.05 bits per heavy atom. The second-order valence-corrected chi connectivity index (χ2v) is 10.0. The molecule has 0 saturated carbocycles. The molecule has 4 unspecified atom stereocenters. The molecule has 1 fully saturated rings. The maximum Gasteiger partial charge on any atom is 0.326 e. The average molecular weight is 568 g/mol. The van der Waals surface area contributed by atoms with Crippen molar-refractivity contribution in [3.8, 4) is 0 Å². The average Bonchev–Trinajstić information content (AvgIpc) is 3.72. The van der Waals surface area contributed by atoms with Crippen molar-refractivity contribution in [3.63, 3.8) is 0 Å². The number of aromatic amines is 2. The number of rotatable bonds is 13. The lowest BCUT2D eigenvalue weighted by molar-refractivity contribution is -0.149. The summed E-state index contributed by atoms with van der Waals surface area (Å²) in [7, 11) is 0. The molecule has 2 aromatic heterocycles. The van der Waals surface area contributed by atoms with Crippen LogP contribution < -0.4 is 16.4 Å². The van der Waals surface area contributed by atoms with Crippen molar-refractivity contribution < 1.29 is 34.2 Å². The van der Waals surface area contributed by atoms with Gasteiger partial charge >= 0.3 is 11.9 Å². The highest BCUT2D eigenvalue weighted by Gasteiger charge is 2.38. The number of nitrogens with one attached hydrogen (secondary N) is 4. The number of imidazole rings is 1. The van der Waals surface area contributed by atoms with Gasteiger partial charge < -0.3 is 41.4 Å². The van der Waals surface area contributed by atoms with Crippen LogP contribution in [-0.4, -0.2) is 90.4 Å². The van der Waals surface area contributed by atoms with Gasteiger partial charge in [0.25, 0.3) is 0 Å². The van der Waals surface area contributed by atoms with E-state index in [0.717, 1.165) is 16.5 Å². The van der Waals surface area contributed by atoms with E-state index in [0.29, 0.717) is 18.5 Å². The van der Waals surface area contributed by atoms with Gasteiger partial charge in [0.05, 0.1) is 12.4 Å². The number of carboxylic acid groups (broad SMARTS) is 2. The predicted molar refractivity (Wildman–Crippen MR) is 145 cm³/mol. The van der Waals surface area contributed by atoms with Crippen LogP contribution in [-0.2, 0) is 36.8 Å². The molecule has 218 valence electrons. The summed E-state index contributed by atoms with van der Waals surface area (Å²) in [5, 5.41) is 24.7. The molecule has 4 atom stereocenters. The Balaban J connectivity index is 1.58. The van der Waals surface area contributed by atoms with Crippen LogP contribution in [0.25, 0.3) is 10.9 Å². The van der Waals surface area contributed by atoms with Gasteiger partial charge in [-0.15, -0.1) is 0 Å². The lowest BCUT2D eigenvalue weighted by Gasteiger charge is -2.29. The lowest BCUT2D eigenvalue weighted by Crippen LogP contribution is -2.58. The number of likely N-dealkylation sites (tertiary alicyclic amines) is 1. The smallest absolute Gasteiger partial charge is 0.326 e. The second-order valence-electron chi connectivity index (χ2n) is 10.0. The fourth-order valence-corrected chi connectivity index (χ4v) is 4.99. The van der Waals surface area contributed by atoms with Crippen LogP contribution >= 0.6 is 0 Å². The number of H-pyrrole nitrogens is 2. The number of carbonyl (C=O) groups excluding carboxylic acids is 3. The molecule has 1 aliphatic rings. The molecule has 3 aromatic rings. The summed E-state index contributed by atoms with van der Waals surface area (Å²) in [4.78, 5) is 74.1. The minimum absolute atomic E-state index is 0.0132. The number of nitrogens with zero attached hydrogens (tertiary/aromatic N) is 2. The maximum absolute atomic E-state index is 13.7. The van der Waals surface area contributed by atoms with E-state index in [9.17, 15) is 29.1 Å². The van der Waals surface area contributed by atoms with E-state index in [1.807, 2.05) is 24.3 Å². The van der Waals surface area contributed by atoms with Gasteiger partial charge in [-0.25, -0.2) is 9.78 Å². The molecule has 1 saturated heterocycles. The Labute approximate surface area is 234 Å². The summed E-state index contributed by atoms with van der Waals surface area (Å²) in [6.07, 6.45) is 5.06. The highest BCUT2D eigenvalue weighted by Crippen LogP contribution is 2.21. The molecule has 0 spiro atoms. The van der Waals surface area contributed by atoms with Crippen molar-refractivity contribution in [1.82, 2.24) is 30.5 Å². The molecule has 0 bridgehead atoms. The fourth-order valence-electron chi connectivity index (χ4n) is 4.99. The van der Waals surface area contributed by atoms with Crippen LogP contribution in [0.5, 0.6) is 0 Å². The van der Waals surface area contributed by atoms with Crippen LogP contribution in [0, 0.1) is 0 Å². The van der Waals surface area contributed by atoms with Crippen molar-refractivity contribution in [2.24, 2.45) is 5.73 Å². The van der Waals surface area contributed by atoms with E-state index < -0.39 is 53.8 Å². The molecular weight excluding hydrogens is 534 g/mol. The van der Waals surface area contributed by atoms with Gasteiger partial charge in [0.2, 0.25) is 17.7 Å². The first-order valence-electron chi connectivity index (χ1n) is 13.3. The van der Waals surface area contributed by atoms with Crippen molar-refractivity contribution in [1.29, 1.82) is 0 Å². The highest BCUT2D eigenvalue weighted by atomic mass is 16.4. The Morgan fingerprint density at radius 3 is 2.51 bits per heavy atom. The zero-order chi connectivity index (χ0) is 29.5. The second kappa shape index (κ2) is 13.1. The summed E-state index contributed by atoms with van der Waals surface area (Å²) < 4.78 is 0. The number of aromatic nitrogens is 3. The monoisotopic (exact) mass is 567 g/mol. The van der Waals surface area contributed by atoms with E-state index in [1.54, 1.807) is 6.20 Å². The molecule has 3 amide bonds. The van der Waals surface area contributed by atoms with Crippen LogP contribution in [0.4, 0.5) is 0 Å². The third-order valence-corrected chi connectivity index (χ3v) is 7.15. The molecular formula is C27H33N7O7. The molecule has 1 aliphatic heterocycles. The van der Waals surface area contributed by atoms with Crippen LogP contribution in [0.15, 0.2) is 43.0 Å². The molecule has 14 nitrogen and oxygen atoms in total. The van der Waals surface area contributed by atoms with Gasteiger partial charge in [0.15, 0.2) is 0 Å². The van der Waals surface area contributed by atoms with E-state index >= 15 is 0 Å². The Bertz CT molecular complexity index is 1400. The number of fused-ring (bicyclic) bond motifs is 1. The van der Waals surface area contributed by atoms with E-state index in [2.05, 4.69) is 25.6 Å². The quantitative estimate of drug-likeness (QED) is 0.146. The molecule has 0 aliphatic carbocycles. The van der Waals surface area contributed by atoms with E-state index in [-0.39, 0.29) is 32.2 Å². The first-order valence-corrected chi connectivity index (χ1v) is 13.3. The standard InChI is InChI=1S/C27H33N7O7/c28-18(7-8-23(35)36)24(37)32-20(10-15-12-30-19-5-2-1-4-17(15)19)25(38)33-21(11-16-13-29-14-31-16)26(39)34-9-3-6-22(34)27(40)41/h1-2,4-5,12-14,18,20-22,30H,3,6-11,28H2,(H,29,31)(H,32,37)(H,33,38)(H,35,36)(H,40,41). The summed E-state index contributed by atoms with van der Waals surface area (Å²) in [6, 6.07) is 2.91. The zero-order valence-corrected chi connectivity index (χ0v) is 22.2. The minimum atomic E-state index is -1.18. The predicted octanol–water partition coefficient (Wildman–Crippen LogP) is -0.0865. The number of hydrogen-bond donors (Lipinski definition) is 7. The van der Waals surface area contributed by atoms with Crippen molar-refractivity contribution in [2.75, 3.05) is 6.54 Å². The first kappa shape index (κ1) is 29.3. The molecule has 4 rings (SSSR count). The zero-order valence-electron chi connectivity index (χ0n) is 22.2. The summed E-state index contributed by atoms with van der Waals surface area (Å²) in [5.74, 6) is -4.19. The maximum atomic E-state index is 13.7. The fraction of sp³-hybridized carbons (Fsp3) is 0.407. The van der Waals surface area contributed by atoms with Crippen molar-refractivity contribution >= 4 is 40.6 Å². The summed E-state index contributed by atoms with van der Waals surface area (Å²) >= 11 is 0. The molecule has 41 heavy (non-hydrogen) atoms. The largest absolute Gasteiger partial charge is 0.481 e. The van der Waals surface area contributed by atoms with Gasteiger partial charge in [-0.3, -0.25) is 19.2 Å². The van der Waals surface area contributed by atoms with Crippen molar-refractivity contribution in [3.05, 3.63) is 54.2 Å². The Kier molecular flexibility index (Phi) is 9.34.